The summed E-state index contributed by atoms with van der Waals surface area (Å²) in [7, 11) is 0. The molecule has 0 fully saturated rings. The molecule has 0 saturated carbocycles. The Morgan fingerprint density at radius 2 is 2.00 bits per heavy atom. The lowest BCUT2D eigenvalue weighted by molar-refractivity contribution is 0.598. The van der Waals surface area contributed by atoms with Crippen molar-refractivity contribution in [1.29, 1.82) is 0 Å². The van der Waals surface area contributed by atoms with Gasteiger partial charge in [-0.05, 0) is 34.6 Å². The number of aromatic nitrogens is 2. The molecule has 3 rings (SSSR count). The van der Waals surface area contributed by atoms with Crippen LogP contribution in [0.15, 0.2) is 29.9 Å². The first kappa shape index (κ1) is 15.2. The second kappa shape index (κ2) is 5.48. The molecule has 22 heavy (non-hydrogen) atoms. The zero-order chi connectivity index (χ0) is 15.9. The Hall–Kier alpha value is -1.72. The van der Waals surface area contributed by atoms with Gasteiger partial charge in [-0.25, -0.2) is 14.4 Å². The monoisotopic (exact) mass is 335 g/mol. The molecular weight excluding hydrogens is 321 g/mol. The molecule has 0 aliphatic carbocycles. The van der Waals surface area contributed by atoms with Gasteiger partial charge in [-0.3, -0.25) is 0 Å². The number of nitrogens with zero attached hydrogens (tertiary/aromatic N) is 2. The number of nitrogens with one attached hydrogen (secondary N) is 1. The fourth-order valence-electron chi connectivity index (χ4n) is 2.23. The highest BCUT2D eigenvalue weighted by Crippen LogP contribution is 2.37. The summed E-state index contributed by atoms with van der Waals surface area (Å²) in [4.78, 5) is 9.61. The predicted octanol–water partition coefficient (Wildman–Crippen LogP) is 5.52. The summed E-state index contributed by atoms with van der Waals surface area (Å²) < 4.78 is 13.3. The Balaban J connectivity index is 2.10. The van der Waals surface area contributed by atoms with Crippen LogP contribution in [0.25, 0.3) is 10.2 Å². The minimum absolute atomic E-state index is 0.0141. The van der Waals surface area contributed by atoms with Crippen molar-refractivity contribution in [3.05, 3.63) is 46.3 Å². The van der Waals surface area contributed by atoms with Gasteiger partial charge >= 0.3 is 0 Å². The van der Waals surface area contributed by atoms with E-state index in [4.69, 9.17) is 11.6 Å². The summed E-state index contributed by atoms with van der Waals surface area (Å²) in [5, 5.41) is 6.41. The van der Waals surface area contributed by atoms with Crippen molar-refractivity contribution in [3.63, 3.8) is 0 Å². The fraction of sp³-hybridized carbons (Fsp3) is 0.250. The van der Waals surface area contributed by atoms with E-state index in [1.165, 1.54) is 18.0 Å². The highest BCUT2D eigenvalue weighted by Gasteiger charge is 2.21. The maximum atomic E-state index is 13.3. The van der Waals surface area contributed by atoms with Crippen LogP contribution in [0.2, 0.25) is 5.02 Å². The highest BCUT2D eigenvalue weighted by molar-refractivity contribution is 7.17. The topological polar surface area (TPSA) is 37.8 Å². The minimum Gasteiger partial charge on any atom is -0.340 e. The van der Waals surface area contributed by atoms with Crippen molar-refractivity contribution in [1.82, 2.24) is 9.97 Å². The first-order valence-corrected chi connectivity index (χ1v) is 8.07. The molecule has 3 nitrogen and oxygen atoms in total. The molecule has 0 amide bonds. The summed E-state index contributed by atoms with van der Waals surface area (Å²) in [6, 6.07) is 4.52. The number of halogens is 2. The SMILES string of the molecule is CC(C)(C)c1csc2ncnc(Nc3ccc(F)c(Cl)c3)c12. The zero-order valence-corrected chi connectivity index (χ0v) is 14.0. The van der Waals surface area contributed by atoms with Gasteiger partial charge in [0.1, 0.15) is 22.8 Å². The van der Waals surface area contributed by atoms with Crippen molar-refractivity contribution < 1.29 is 4.39 Å². The number of benzene rings is 1. The van der Waals surface area contributed by atoms with Gasteiger partial charge in [0.15, 0.2) is 0 Å². The van der Waals surface area contributed by atoms with Crippen LogP contribution in [0.1, 0.15) is 26.3 Å². The molecule has 6 heteroatoms. The number of anilines is 2. The summed E-state index contributed by atoms with van der Waals surface area (Å²) in [5.41, 5.74) is 1.86. The molecule has 2 aromatic heterocycles. The minimum atomic E-state index is -0.439. The van der Waals surface area contributed by atoms with Crippen molar-refractivity contribution in [2.75, 3.05) is 5.32 Å². The maximum Gasteiger partial charge on any atom is 0.142 e. The van der Waals surface area contributed by atoms with E-state index in [9.17, 15) is 4.39 Å². The van der Waals surface area contributed by atoms with Gasteiger partial charge < -0.3 is 5.32 Å². The van der Waals surface area contributed by atoms with E-state index in [1.807, 2.05) is 0 Å². The maximum absolute atomic E-state index is 13.3. The number of thiophene rings is 1. The van der Waals surface area contributed by atoms with Gasteiger partial charge in [-0.2, -0.15) is 0 Å². The van der Waals surface area contributed by atoms with E-state index in [0.717, 1.165) is 10.2 Å². The van der Waals surface area contributed by atoms with Crippen molar-refractivity contribution in [2.45, 2.75) is 26.2 Å². The largest absolute Gasteiger partial charge is 0.340 e. The summed E-state index contributed by atoms with van der Waals surface area (Å²) in [6.45, 7) is 6.46. The quantitative estimate of drug-likeness (QED) is 0.669. The third-order valence-corrected chi connectivity index (χ3v) is 4.54. The molecule has 3 aromatic rings. The van der Waals surface area contributed by atoms with Crippen LogP contribution in [-0.2, 0) is 5.41 Å². The van der Waals surface area contributed by atoms with Crippen molar-refractivity contribution in [3.8, 4) is 0 Å². The lowest BCUT2D eigenvalue weighted by atomic mass is 9.87. The van der Waals surface area contributed by atoms with Crippen molar-refractivity contribution in [2.24, 2.45) is 0 Å². The standard InChI is InChI=1S/C16H15ClFN3S/c1-16(2,3)10-7-22-15-13(10)14(19-8-20-15)21-9-4-5-12(18)11(17)6-9/h4-8H,1-3H3,(H,19,20,21). The van der Waals surface area contributed by atoms with Crippen LogP contribution in [0.3, 0.4) is 0 Å². The van der Waals surface area contributed by atoms with Gasteiger partial charge in [-0.15, -0.1) is 11.3 Å². The van der Waals surface area contributed by atoms with Crippen LogP contribution >= 0.6 is 22.9 Å². The molecule has 0 radical (unpaired) electrons. The Kier molecular flexibility index (Phi) is 3.78. The molecule has 0 atom stereocenters. The lowest BCUT2D eigenvalue weighted by Crippen LogP contribution is -2.11. The van der Waals surface area contributed by atoms with Gasteiger partial charge in [-0.1, -0.05) is 32.4 Å². The van der Waals surface area contributed by atoms with Crippen LogP contribution in [0.5, 0.6) is 0 Å². The Bertz CT molecular complexity index is 839. The second-order valence-corrected chi connectivity index (χ2v) is 7.32. The molecule has 0 saturated heterocycles. The normalized spacial score (nSPS) is 11.9. The van der Waals surface area contributed by atoms with Crippen LogP contribution < -0.4 is 5.32 Å². The van der Waals surface area contributed by atoms with E-state index in [-0.39, 0.29) is 10.4 Å². The van der Waals surface area contributed by atoms with E-state index in [2.05, 4.69) is 41.4 Å². The van der Waals surface area contributed by atoms with E-state index >= 15 is 0 Å². The molecule has 0 aliphatic heterocycles. The summed E-state index contributed by atoms with van der Waals surface area (Å²) in [6.07, 6.45) is 1.53. The molecular formula is C16H15ClFN3S. The number of rotatable bonds is 2. The molecule has 0 spiro atoms. The smallest absolute Gasteiger partial charge is 0.142 e. The summed E-state index contributed by atoms with van der Waals surface area (Å²) in [5.74, 6) is 0.268. The molecule has 114 valence electrons. The van der Waals surface area contributed by atoms with Crippen LogP contribution in [-0.4, -0.2) is 9.97 Å². The first-order valence-electron chi connectivity index (χ1n) is 6.81. The zero-order valence-electron chi connectivity index (χ0n) is 12.4. The molecule has 0 unspecified atom stereocenters. The van der Waals surface area contributed by atoms with Crippen LogP contribution in [0.4, 0.5) is 15.9 Å². The Morgan fingerprint density at radius 3 is 2.68 bits per heavy atom. The average molecular weight is 336 g/mol. The van der Waals surface area contributed by atoms with E-state index < -0.39 is 5.82 Å². The van der Waals surface area contributed by atoms with Gasteiger partial charge in [0.2, 0.25) is 0 Å². The third kappa shape index (κ3) is 2.78. The number of hydrogen-bond donors (Lipinski definition) is 1. The fourth-order valence-corrected chi connectivity index (χ4v) is 3.55. The van der Waals surface area contributed by atoms with Gasteiger partial charge in [0.05, 0.1) is 10.4 Å². The van der Waals surface area contributed by atoms with Gasteiger partial charge in [0.25, 0.3) is 0 Å². The molecule has 1 aromatic carbocycles. The molecule has 1 N–H and O–H groups in total. The molecule has 2 heterocycles. The number of fused-ring (bicyclic) bond motifs is 1. The molecule has 0 aliphatic rings. The predicted molar refractivity (Wildman–Crippen MR) is 90.8 cm³/mol. The number of hydrogen-bond acceptors (Lipinski definition) is 4. The van der Waals surface area contributed by atoms with E-state index in [0.29, 0.717) is 11.5 Å². The Labute approximate surface area is 137 Å². The van der Waals surface area contributed by atoms with E-state index in [1.54, 1.807) is 23.5 Å². The lowest BCUT2D eigenvalue weighted by Gasteiger charge is -2.18. The molecule has 0 bridgehead atoms. The third-order valence-electron chi connectivity index (χ3n) is 3.36. The second-order valence-electron chi connectivity index (χ2n) is 6.06. The average Bonchev–Trinajstić information content (AvgIpc) is 2.88. The van der Waals surface area contributed by atoms with Gasteiger partial charge in [0, 0.05) is 5.69 Å². The van der Waals surface area contributed by atoms with Crippen LogP contribution in [0, 0.1) is 5.82 Å². The van der Waals surface area contributed by atoms with Crippen molar-refractivity contribution >= 4 is 44.7 Å². The summed E-state index contributed by atoms with van der Waals surface area (Å²) >= 11 is 7.43. The highest BCUT2D eigenvalue weighted by atomic mass is 35.5. The first-order chi connectivity index (χ1) is 10.4. The Morgan fingerprint density at radius 1 is 1.23 bits per heavy atom.